The summed E-state index contributed by atoms with van der Waals surface area (Å²) in [7, 11) is -3.47. The van der Waals surface area contributed by atoms with Gasteiger partial charge >= 0.3 is 0 Å². The van der Waals surface area contributed by atoms with Gasteiger partial charge in [-0.1, -0.05) is 0 Å². The Kier molecular flexibility index (Phi) is 3.05. The second-order valence-corrected chi connectivity index (χ2v) is 6.85. The first-order valence-electron chi connectivity index (χ1n) is 6.25. The molecule has 0 radical (unpaired) electrons. The molecular weight excluding hydrogens is 264 g/mol. The number of sulfonamides is 1. The van der Waals surface area contributed by atoms with Crippen LogP contribution < -0.4 is 0 Å². The zero-order valence-electron chi connectivity index (χ0n) is 10.3. The maximum Gasteiger partial charge on any atom is 0.243 e. The fourth-order valence-electron chi connectivity index (χ4n) is 2.62. The van der Waals surface area contributed by atoms with Crippen LogP contribution in [0, 0.1) is 11.3 Å². The van der Waals surface area contributed by atoms with E-state index >= 15 is 0 Å². The maximum atomic E-state index is 12.5. The number of benzene rings is 1. The molecule has 0 saturated carbocycles. The Balaban J connectivity index is 1.87. The number of hydrogen-bond donors (Lipinski definition) is 0. The molecular formula is C13H14N2O3S. The van der Waals surface area contributed by atoms with E-state index in [2.05, 4.69) is 0 Å². The molecule has 2 heterocycles. The Morgan fingerprint density at radius 3 is 2.26 bits per heavy atom. The summed E-state index contributed by atoms with van der Waals surface area (Å²) in [6.07, 6.45) is 1.94. The van der Waals surface area contributed by atoms with Crippen LogP contribution >= 0.6 is 0 Å². The van der Waals surface area contributed by atoms with Crippen molar-refractivity contribution in [3.05, 3.63) is 29.8 Å². The maximum absolute atomic E-state index is 12.5. The van der Waals surface area contributed by atoms with Crippen LogP contribution in [0.1, 0.15) is 18.4 Å². The molecule has 0 N–H and O–H groups in total. The van der Waals surface area contributed by atoms with E-state index in [1.807, 2.05) is 6.07 Å². The van der Waals surface area contributed by atoms with Crippen LogP contribution in [-0.2, 0) is 14.8 Å². The van der Waals surface area contributed by atoms with Gasteiger partial charge in [0.05, 0.1) is 28.7 Å². The van der Waals surface area contributed by atoms with Crippen molar-refractivity contribution in [2.45, 2.75) is 29.9 Å². The molecule has 2 unspecified atom stereocenters. The highest BCUT2D eigenvalue weighted by Gasteiger charge is 2.39. The van der Waals surface area contributed by atoms with E-state index in [0.29, 0.717) is 18.7 Å². The van der Waals surface area contributed by atoms with E-state index in [1.165, 1.54) is 28.6 Å². The van der Waals surface area contributed by atoms with Crippen molar-refractivity contribution in [3.63, 3.8) is 0 Å². The van der Waals surface area contributed by atoms with Crippen LogP contribution in [0.4, 0.5) is 0 Å². The van der Waals surface area contributed by atoms with Gasteiger partial charge in [0.1, 0.15) is 0 Å². The number of nitriles is 1. The summed E-state index contributed by atoms with van der Waals surface area (Å²) >= 11 is 0. The number of ether oxygens (including phenoxy) is 1. The minimum Gasteiger partial charge on any atom is -0.372 e. The molecule has 2 bridgehead atoms. The summed E-state index contributed by atoms with van der Waals surface area (Å²) in [5.74, 6) is 0. The van der Waals surface area contributed by atoms with Gasteiger partial charge in [-0.05, 0) is 37.1 Å². The van der Waals surface area contributed by atoms with Gasteiger partial charge in [-0.25, -0.2) is 8.42 Å². The normalized spacial score (nSPS) is 27.1. The third-order valence-corrected chi connectivity index (χ3v) is 5.48. The third-order valence-electron chi connectivity index (χ3n) is 3.63. The molecule has 5 nitrogen and oxygen atoms in total. The largest absolute Gasteiger partial charge is 0.372 e. The van der Waals surface area contributed by atoms with E-state index < -0.39 is 10.0 Å². The summed E-state index contributed by atoms with van der Waals surface area (Å²) < 4.78 is 32.1. The van der Waals surface area contributed by atoms with E-state index in [9.17, 15) is 8.42 Å². The van der Waals surface area contributed by atoms with Gasteiger partial charge in [-0.15, -0.1) is 0 Å². The highest BCUT2D eigenvalue weighted by atomic mass is 32.2. The number of fused-ring (bicyclic) bond motifs is 2. The van der Waals surface area contributed by atoms with Crippen molar-refractivity contribution >= 4 is 10.0 Å². The summed E-state index contributed by atoms with van der Waals surface area (Å²) in [6.45, 7) is 0.859. The average molecular weight is 278 g/mol. The molecule has 0 spiro atoms. The average Bonchev–Trinajstić information content (AvgIpc) is 2.77. The van der Waals surface area contributed by atoms with Crippen molar-refractivity contribution < 1.29 is 13.2 Å². The molecule has 0 amide bonds. The minimum absolute atomic E-state index is 0.0342. The lowest BCUT2D eigenvalue weighted by molar-refractivity contribution is -0.0114. The van der Waals surface area contributed by atoms with Crippen LogP contribution in [0.5, 0.6) is 0 Å². The van der Waals surface area contributed by atoms with Gasteiger partial charge in [0, 0.05) is 13.1 Å². The van der Waals surface area contributed by atoms with Crippen molar-refractivity contribution in [1.82, 2.24) is 4.31 Å². The molecule has 19 heavy (non-hydrogen) atoms. The first-order chi connectivity index (χ1) is 9.09. The van der Waals surface area contributed by atoms with Crippen LogP contribution in [0.25, 0.3) is 0 Å². The van der Waals surface area contributed by atoms with Crippen LogP contribution in [0.15, 0.2) is 29.2 Å². The zero-order valence-corrected chi connectivity index (χ0v) is 11.1. The molecule has 0 aromatic heterocycles. The summed E-state index contributed by atoms with van der Waals surface area (Å²) in [6, 6.07) is 8.02. The lowest BCUT2D eigenvalue weighted by atomic mass is 10.2. The van der Waals surface area contributed by atoms with Crippen molar-refractivity contribution in [3.8, 4) is 6.07 Å². The zero-order chi connectivity index (χ0) is 13.5. The number of nitrogens with zero attached hydrogens (tertiary/aromatic N) is 2. The fraction of sp³-hybridized carbons (Fsp3) is 0.462. The summed E-state index contributed by atoms with van der Waals surface area (Å²) in [5, 5.41) is 8.73. The molecule has 1 aromatic carbocycles. The predicted molar refractivity (Wildman–Crippen MR) is 67.8 cm³/mol. The first-order valence-corrected chi connectivity index (χ1v) is 7.69. The first kappa shape index (κ1) is 12.6. The lowest BCUT2D eigenvalue weighted by Crippen LogP contribution is -2.45. The Morgan fingerprint density at radius 1 is 1.16 bits per heavy atom. The molecule has 6 heteroatoms. The van der Waals surface area contributed by atoms with Crippen LogP contribution in [-0.4, -0.2) is 38.0 Å². The van der Waals surface area contributed by atoms with Gasteiger partial charge < -0.3 is 4.74 Å². The molecule has 3 rings (SSSR count). The SMILES string of the molecule is N#Cc1ccc(S(=O)(=O)N2CC3CCC(C2)O3)cc1. The smallest absolute Gasteiger partial charge is 0.243 e. The summed E-state index contributed by atoms with van der Waals surface area (Å²) in [4.78, 5) is 0.243. The Labute approximate surface area is 112 Å². The quantitative estimate of drug-likeness (QED) is 0.812. The molecule has 2 atom stereocenters. The highest BCUT2D eigenvalue weighted by molar-refractivity contribution is 7.89. The van der Waals surface area contributed by atoms with Crippen LogP contribution in [0.3, 0.4) is 0 Å². The number of rotatable bonds is 2. The fourth-order valence-corrected chi connectivity index (χ4v) is 4.13. The van der Waals surface area contributed by atoms with Gasteiger partial charge in [-0.2, -0.15) is 9.57 Å². The highest BCUT2D eigenvalue weighted by Crippen LogP contribution is 2.29. The van der Waals surface area contributed by atoms with Crippen molar-refractivity contribution in [1.29, 1.82) is 5.26 Å². The molecule has 1 aromatic rings. The second-order valence-electron chi connectivity index (χ2n) is 4.92. The molecule has 2 fully saturated rings. The molecule has 2 aliphatic rings. The number of hydrogen-bond acceptors (Lipinski definition) is 4. The molecule has 0 aliphatic carbocycles. The molecule has 100 valence electrons. The topological polar surface area (TPSA) is 70.4 Å². The van der Waals surface area contributed by atoms with Gasteiger partial charge in [0.2, 0.25) is 10.0 Å². The Bertz CT molecular complexity index is 606. The van der Waals surface area contributed by atoms with Crippen molar-refractivity contribution in [2.75, 3.05) is 13.1 Å². The summed E-state index contributed by atoms with van der Waals surface area (Å²) in [5.41, 5.74) is 0.459. The molecule has 2 aliphatic heterocycles. The van der Waals surface area contributed by atoms with Crippen LogP contribution in [0.2, 0.25) is 0 Å². The number of morpholine rings is 1. The Hall–Kier alpha value is -1.42. The second kappa shape index (κ2) is 4.60. The van der Waals surface area contributed by atoms with Gasteiger partial charge in [0.15, 0.2) is 0 Å². The van der Waals surface area contributed by atoms with E-state index in [0.717, 1.165) is 12.8 Å². The monoisotopic (exact) mass is 278 g/mol. The van der Waals surface area contributed by atoms with Gasteiger partial charge in [0.25, 0.3) is 0 Å². The lowest BCUT2D eigenvalue weighted by Gasteiger charge is -2.31. The van der Waals surface area contributed by atoms with Gasteiger partial charge in [-0.3, -0.25) is 0 Å². The van der Waals surface area contributed by atoms with E-state index in [-0.39, 0.29) is 17.1 Å². The Morgan fingerprint density at radius 2 is 1.74 bits per heavy atom. The molecule has 2 saturated heterocycles. The van der Waals surface area contributed by atoms with Crippen molar-refractivity contribution in [2.24, 2.45) is 0 Å². The van der Waals surface area contributed by atoms with E-state index in [4.69, 9.17) is 10.00 Å². The standard InChI is InChI=1S/C13H14N2O3S/c14-7-10-1-5-13(6-2-10)19(16,17)15-8-11-3-4-12(9-15)18-11/h1-2,5-6,11-12H,3-4,8-9H2. The third kappa shape index (κ3) is 2.25. The van der Waals surface area contributed by atoms with E-state index in [1.54, 1.807) is 0 Å². The predicted octanol–water partition coefficient (Wildman–Crippen LogP) is 1.11. The minimum atomic E-state index is -3.47.